The molecule has 0 fully saturated rings. The predicted molar refractivity (Wildman–Crippen MR) is 84.3 cm³/mol. The fourth-order valence-corrected chi connectivity index (χ4v) is 2.97. The van der Waals surface area contributed by atoms with Crippen LogP contribution in [0.4, 0.5) is 0 Å². The molecule has 0 saturated carbocycles. The Morgan fingerprint density at radius 1 is 1.20 bits per heavy atom. The molecule has 0 radical (unpaired) electrons. The fraction of sp³-hybridized carbons (Fsp3) is 0.188. The molecule has 0 spiro atoms. The summed E-state index contributed by atoms with van der Waals surface area (Å²) in [6.07, 6.45) is 0. The smallest absolute Gasteiger partial charge is 0.133 e. The number of para-hydroxylation sites is 2. The molecule has 3 rings (SSSR count). The van der Waals surface area contributed by atoms with Crippen LogP contribution in [0.15, 0.2) is 46.9 Å². The molecule has 0 saturated heterocycles. The van der Waals surface area contributed by atoms with E-state index >= 15 is 0 Å². The van der Waals surface area contributed by atoms with E-state index in [2.05, 4.69) is 43.7 Å². The second-order valence-corrected chi connectivity index (χ2v) is 5.56. The third kappa shape index (κ3) is 2.31. The molecule has 2 aromatic carbocycles. The lowest BCUT2D eigenvalue weighted by molar-refractivity contribution is 0.412. The highest BCUT2D eigenvalue weighted by Crippen LogP contribution is 2.26. The summed E-state index contributed by atoms with van der Waals surface area (Å²) >= 11 is 3.53. The Labute approximate surface area is 126 Å². The van der Waals surface area contributed by atoms with Crippen LogP contribution in [0.5, 0.6) is 5.75 Å². The van der Waals surface area contributed by atoms with Crippen molar-refractivity contribution < 1.29 is 4.74 Å². The Morgan fingerprint density at radius 2 is 2.00 bits per heavy atom. The van der Waals surface area contributed by atoms with Crippen molar-refractivity contribution in [3.05, 3.63) is 58.3 Å². The molecule has 3 aromatic rings. The lowest BCUT2D eigenvalue weighted by atomic mass is 10.2. The van der Waals surface area contributed by atoms with Gasteiger partial charge < -0.3 is 9.30 Å². The maximum absolute atomic E-state index is 5.26. The summed E-state index contributed by atoms with van der Waals surface area (Å²) in [4.78, 5) is 4.59. The highest BCUT2D eigenvalue weighted by Gasteiger charge is 2.08. The van der Waals surface area contributed by atoms with E-state index in [0.29, 0.717) is 0 Å². The van der Waals surface area contributed by atoms with Gasteiger partial charge in [0.25, 0.3) is 0 Å². The van der Waals surface area contributed by atoms with Gasteiger partial charge in [0.15, 0.2) is 0 Å². The Morgan fingerprint density at radius 3 is 2.75 bits per heavy atom. The molecule has 20 heavy (non-hydrogen) atoms. The molecular weight excluding hydrogens is 316 g/mol. The lowest BCUT2D eigenvalue weighted by Gasteiger charge is -2.09. The van der Waals surface area contributed by atoms with E-state index in [1.807, 2.05) is 31.2 Å². The predicted octanol–water partition coefficient (Wildman–Crippen LogP) is 4.16. The van der Waals surface area contributed by atoms with Crippen molar-refractivity contribution in [2.24, 2.45) is 0 Å². The van der Waals surface area contributed by atoms with Crippen molar-refractivity contribution in [3.8, 4) is 5.75 Å². The number of rotatable bonds is 3. The average molecular weight is 331 g/mol. The van der Waals surface area contributed by atoms with Gasteiger partial charge >= 0.3 is 0 Å². The zero-order chi connectivity index (χ0) is 14.1. The van der Waals surface area contributed by atoms with E-state index in [4.69, 9.17) is 4.74 Å². The van der Waals surface area contributed by atoms with Crippen molar-refractivity contribution in [2.75, 3.05) is 7.11 Å². The number of hydrogen-bond acceptors (Lipinski definition) is 2. The second-order valence-electron chi connectivity index (χ2n) is 4.70. The number of fused-ring (bicyclic) bond motifs is 1. The molecule has 0 aliphatic rings. The third-order valence-corrected chi connectivity index (χ3v) is 4.02. The molecule has 0 amide bonds. The van der Waals surface area contributed by atoms with Crippen molar-refractivity contribution in [1.82, 2.24) is 9.55 Å². The molecule has 1 aromatic heterocycles. The van der Waals surface area contributed by atoms with E-state index < -0.39 is 0 Å². The summed E-state index contributed by atoms with van der Waals surface area (Å²) in [5.41, 5.74) is 3.42. The Kier molecular flexibility index (Phi) is 3.49. The van der Waals surface area contributed by atoms with Gasteiger partial charge in [0.05, 0.1) is 22.6 Å². The number of benzene rings is 2. The van der Waals surface area contributed by atoms with E-state index in [1.54, 1.807) is 7.11 Å². The number of methoxy groups -OCH3 is 1. The first-order valence-corrected chi connectivity index (χ1v) is 7.22. The third-order valence-electron chi connectivity index (χ3n) is 3.40. The number of ether oxygens (including phenoxy) is 1. The first-order chi connectivity index (χ1) is 9.69. The molecule has 0 atom stereocenters. The number of imidazole rings is 1. The van der Waals surface area contributed by atoms with E-state index in [-0.39, 0.29) is 0 Å². The van der Waals surface area contributed by atoms with E-state index in [1.165, 1.54) is 5.56 Å². The maximum atomic E-state index is 5.26. The quantitative estimate of drug-likeness (QED) is 0.720. The largest absolute Gasteiger partial charge is 0.496 e. The van der Waals surface area contributed by atoms with Gasteiger partial charge in [-0.15, -0.1) is 0 Å². The molecule has 0 bridgehead atoms. The molecule has 0 aliphatic carbocycles. The average Bonchev–Trinajstić information content (AvgIpc) is 2.76. The lowest BCUT2D eigenvalue weighted by Crippen LogP contribution is -2.02. The van der Waals surface area contributed by atoms with Gasteiger partial charge in [-0.3, -0.25) is 0 Å². The zero-order valence-electron chi connectivity index (χ0n) is 11.4. The van der Waals surface area contributed by atoms with Crippen molar-refractivity contribution in [1.29, 1.82) is 0 Å². The van der Waals surface area contributed by atoms with Crippen LogP contribution in [0.2, 0.25) is 0 Å². The van der Waals surface area contributed by atoms with Gasteiger partial charge in [-0.1, -0.05) is 18.2 Å². The van der Waals surface area contributed by atoms with Crippen LogP contribution in [0.25, 0.3) is 11.0 Å². The molecule has 102 valence electrons. The minimum atomic E-state index is 0.801. The highest BCUT2D eigenvalue weighted by atomic mass is 79.9. The van der Waals surface area contributed by atoms with E-state index in [0.717, 1.165) is 33.6 Å². The van der Waals surface area contributed by atoms with Gasteiger partial charge in [0, 0.05) is 6.54 Å². The van der Waals surface area contributed by atoms with Crippen LogP contribution in [-0.2, 0) is 6.54 Å². The number of aromatic nitrogens is 2. The van der Waals surface area contributed by atoms with Crippen molar-refractivity contribution >= 4 is 27.0 Å². The van der Waals surface area contributed by atoms with Crippen LogP contribution in [0.1, 0.15) is 11.4 Å². The van der Waals surface area contributed by atoms with Gasteiger partial charge in [-0.05, 0) is 52.7 Å². The Balaban J connectivity index is 2.01. The summed E-state index contributed by atoms with van der Waals surface area (Å²) in [5.74, 6) is 1.87. The van der Waals surface area contributed by atoms with Crippen molar-refractivity contribution in [3.63, 3.8) is 0 Å². The minimum Gasteiger partial charge on any atom is -0.496 e. The van der Waals surface area contributed by atoms with Crippen LogP contribution in [0.3, 0.4) is 0 Å². The maximum Gasteiger partial charge on any atom is 0.133 e. The van der Waals surface area contributed by atoms with Crippen LogP contribution in [0, 0.1) is 6.92 Å². The van der Waals surface area contributed by atoms with Gasteiger partial charge in [-0.2, -0.15) is 0 Å². The molecule has 3 nitrogen and oxygen atoms in total. The molecule has 0 unspecified atom stereocenters. The van der Waals surface area contributed by atoms with Gasteiger partial charge in [-0.25, -0.2) is 4.98 Å². The molecule has 4 heteroatoms. The highest BCUT2D eigenvalue weighted by molar-refractivity contribution is 9.10. The molecular formula is C16H15BrN2O. The second kappa shape index (κ2) is 5.29. The number of aryl methyl sites for hydroxylation is 1. The minimum absolute atomic E-state index is 0.801. The Hall–Kier alpha value is -1.81. The summed E-state index contributed by atoms with van der Waals surface area (Å²) in [6.45, 7) is 2.84. The number of nitrogens with zero attached hydrogens (tertiary/aromatic N) is 2. The molecule has 0 aliphatic heterocycles. The molecule has 0 N–H and O–H groups in total. The van der Waals surface area contributed by atoms with Gasteiger partial charge in [0.2, 0.25) is 0 Å². The Bertz CT molecular complexity index is 764. The summed E-state index contributed by atoms with van der Waals surface area (Å²) in [5, 5.41) is 0. The van der Waals surface area contributed by atoms with Crippen LogP contribution < -0.4 is 4.74 Å². The normalized spacial score (nSPS) is 10.9. The summed E-state index contributed by atoms with van der Waals surface area (Å²) < 4.78 is 8.46. The SMILES string of the molecule is COc1ccc(Cn2c(C)nc3ccccc32)cc1Br. The molecule has 1 heterocycles. The monoisotopic (exact) mass is 330 g/mol. The standard InChI is InChI=1S/C16H15BrN2O/c1-11-18-14-5-3-4-6-15(14)19(11)10-12-7-8-16(20-2)13(17)9-12/h3-9H,10H2,1-2H3. The first kappa shape index (κ1) is 13.2. The van der Waals surface area contributed by atoms with Gasteiger partial charge in [0.1, 0.15) is 11.6 Å². The van der Waals surface area contributed by atoms with Crippen LogP contribution in [-0.4, -0.2) is 16.7 Å². The van der Waals surface area contributed by atoms with E-state index in [9.17, 15) is 0 Å². The zero-order valence-corrected chi connectivity index (χ0v) is 13.0. The van der Waals surface area contributed by atoms with Crippen molar-refractivity contribution in [2.45, 2.75) is 13.5 Å². The van der Waals surface area contributed by atoms with Crippen LogP contribution >= 0.6 is 15.9 Å². The topological polar surface area (TPSA) is 27.1 Å². The first-order valence-electron chi connectivity index (χ1n) is 6.43. The summed E-state index contributed by atoms with van der Waals surface area (Å²) in [7, 11) is 1.67. The number of hydrogen-bond donors (Lipinski definition) is 0. The number of halogens is 1. The fourth-order valence-electron chi connectivity index (χ4n) is 2.39. The summed E-state index contributed by atoms with van der Waals surface area (Å²) in [6, 6.07) is 14.4.